The zero-order valence-electron chi connectivity index (χ0n) is 8.81. The van der Waals surface area contributed by atoms with Crippen LogP contribution in [0, 0.1) is 6.92 Å². The Morgan fingerprint density at radius 2 is 1.73 bits per heavy atom. The van der Waals surface area contributed by atoms with Crippen molar-refractivity contribution >= 4 is 0 Å². The Kier molecular flexibility index (Phi) is 2.98. The third-order valence-electron chi connectivity index (χ3n) is 2.26. The van der Waals surface area contributed by atoms with Gasteiger partial charge >= 0.3 is 6.18 Å². The predicted molar refractivity (Wildman–Crippen MR) is 51.9 cm³/mol. The first-order chi connectivity index (χ1) is 6.73. The molecule has 0 fully saturated rings. The summed E-state index contributed by atoms with van der Waals surface area (Å²) in [5, 5.41) is 9.27. The number of alkyl halides is 3. The van der Waals surface area contributed by atoms with Crippen LogP contribution < -0.4 is 0 Å². The lowest BCUT2D eigenvalue weighted by molar-refractivity contribution is -0.138. The number of phenolic OH excluding ortho intramolecular Hbond substituents is 1. The van der Waals surface area contributed by atoms with E-state index in [2.05, 4.69) is 0 Å². The van der Waals surface area contributed by atoms with Gasteiger partial charge in [-0.05, 0) is 36.1 Å². The number of hydrogen-bond acceptors (Lipinski definition) is 1. The molecular formula is C11H13F3O. The van der Waals surface area contributed by atoms with Crippen LogP contribution in [-0.4, -0.2) is 5.11 Å². The number of rotatable bonds is 1. The molecule has 0 saturated heterocycles. The second kappa shape index (κ2) is 3.76. The van der Waals surface area contributed by atoms with E-state index in [-0.39, 0.29) is 22.8 Å². The highest BCUT2D eigenvalue weighted by molar-refractivity contribution is 5.44. The molecule has 1 aromatic rings. The first kappa shape index (κ1) is 11.9. The molecule has 0 aliphatic carbocycles. The highest BCUT2D eigenvalue weighted by atomic mass is 19.4. The summed E-state index contributed by atoms with van der Waals surface area (Å²) in [6.07, 6.45) is -4.36. The summed E-state index contributed by atoms with van der Waals surface area (Å²) in [6, 6.07) is 2.31. The molecule has 15 heavy (non-hydrogen) atoms. The van der Waals surface area contributed by atoms with Gasteiger partial charge < -0.3 is 5.11 Å². The van der Waals surface area contributed by atoms with Crippen LogP contribution in [0.25, 0.3) is 0 Å². The number of benzene rings is 1. The SMILES string of the molecule is Cc1cc(O)cc(C(C)C)c1C(F)(F)F. The summed E-state index contributed by atoms with van der Waals surface area (Å²) in [5.41, 5.74) is -0.429. The van der Waals surface area contributed by atoms with Gasteiger partial charge in [0.15, 0.2) is 0 Å². The average Bonchev–Trinajstić information content (AvgIpc) is 1.99. The molecule has 1 nitrogen and oxygen atoms in total. The first-order valence-electron chi connectivity index (χ1n) is 4.64. The van der Waals surface area contributed by atoms with E-state index in [1.54, 1.807) is 13.8 Å². The molecule has 0 radical (unpaired) electrons. The fourth-order valence-corrected chi connectivity index (χ4v) is 1.64. The molecule has 84 valence electrons. The topological polar surface area (TPSA) is 20.2 Å². The van der Waals surface area contributed by atoms with Crippen LogP contribution in [0.5, 0.6) is 5.75 Å². The van der Waals surface area contributed by atoms with Crippen molar-refractivity contribution in [3.63, 3.8) is 0 Å². The average molecular weight is 218 g/mol. The van der Waals surface area contributed by atoms with Crippen molar-refractivity contribution in [2.75, 3.05) is 0 Å². The van der Waals surface area contributed by atoms with E-state index in [0.717, 1.165) is 6.07 Å². The lowest BCUT2D eigenvalue weighted by Crippen LogP contribution is -2.12. The van der Waals surface area contributed by atoms with Gasteiger partial charge in [0, 0.05) is 0 Å². The molecule has 0 spiro atoms. The quantitative estimate of drug-likeness (QED) is 0.759. The van der Waals surface area contributed by atoms with Crippen molar-refractivity contribution in [2.45, 2.75) is 32.9 Å². The van der Waals surface area contributed by atoms with Gasteiger partial charge in [0.05, 0.1) is 5.56 Å². The number of phenols is 1. The van der Waals surface area contributed by atoms with Crippen molar-refractivity contribution in [1.82, 2.24) is 0 Å². The molecule has 0 unspecified atom stereocenters. The molecular weight excluding hydrogens is 205 g/mol. The van der Waals surface area contributed by atoms with Crippen molar-refractivity contribution in [1.29, 1.82) is 0 Å². The van der Waals surface area contributed by atoms with Crippen LogP contribution in [-0.2, 0) is 6.18 Å². The zero-order valence-corrected chi connectivity index (χ0v) is 8.81. The maximum atomic E-state index is 12.7. The fraction of sp³-hybridized carbons (Fsp3) is 0.455. The van der Waals surface area contributed by atoms with E-state index in [0.29, 0.717) is 0 Å². The van der Waals surface area contributed by atoms with Gasteiger partial charge in [-0.25, -0.2) is 0 Å². The van der Waals surface area contributed by atoms with Crippen molar-refractivity contribution in [3.05, 3.63) is 28.8 Å². The van der Waals surface area contributed by atoms with Crippen molar-refractivity contribution in [3.8, 4) is 5.75 Å². The predicted octanol–water partition coefficient (Wildman–Crippen LogP) is 3.84. The third-order valence-corrected chi connectivity index (χ3v) is 2.26. The monoisotopic (exact) mass is 218 g/mol. The lowest BCUT2D eigenvalue weighted by Gasteiger charge is -2.18. The van der Waals surface area contributed by atoms with Crippen molar-refractivity contribution in [2.24, 2.45) is 0 Å². The van der Waals surface area contributed by atoms with Crippen LogP contribution in [0.1, 0.15) is 36.5 Å². The Hall–Kier alpha value is -1.19. The second-order valence-corrected chi connectivity index (χ2v) is 3.88. The Labute approximate surface area is 86.5 Å². The fourth-order valence-electron chi connectivity index (χ4n) is 1.64. The van der Waals surface area contributed by atoms with Crippen molar-refractivity contribution < 1.29 is 18.3 Å². The summed E-state index contributed by atoms with van der Waals surface area (Å²) in [4.78, 5) is 0. The van der Waals surface area contributed by atoms with E-state index in [1.807, 2.05) is 0 Å². The maximum Gasteiger partial charge on any atom is 0.416 e. The Morgan fingerprint density at radius 1 is 1.20 bits per heavy atom. The number of halogens is 3. The van der Waals surface area contributed by atoms with Gasteiger partial charge in [-0.15, -0.1) is 0 Å². The highest BCUT2D eigenvalue weighted by Crippen LogP contribution is 2.39. The molecule has 0 aromatic heterocycles. The molecule has 1 aromatic carbocycles. The van der Waals surface area contributed by atoms with E-state index in [1.165, 1.54) is 13.0 Å². The van der Waals surface area contributed by atoms with Crippen LogP contribution in [0.15, 0.2) is 12.1 Å². The summed E-state index contributed by atoms with van der Waals surface area (Å²) < 4.78 is 38.2. The molecule has 0 bridgehead atoms. The Morgan fingerprint density at radius 3 is 2.13 bits per heavy atom. The third kappa shape index (κ3) is 2.43. The minimum atomic E-state index is -4.36. The maximum absolute atomic E-state index is 12.7. The van der Waals surface area contributed by atoms with E-state index in [4.69, 9.17) is 0 Å². The van der Waals surface area contributed by atoms with Crippen LogP contribution in [0.3, 0.4) is 0 Å². The zero-order chi connectivity index (χ0) is 11.8. The molecule has 4 heteroatoms. The number of hydrogen-bond donors (Lipinski definition) is 1. The summed E-state index contributed by atoms with van der Waals surface area (Å²) in [7, 11) is 0. The van der Waals surface area contributed by atoms with Gasteiger partial charge in [0.25, 0.3) is 0 Å². The largest absolute Gasteiger partial charge is 0.508 e. The van der Waals surface area contributed by atoms with Gasteiger partial charge in [0.2, 0.25) is 0 Å². The van der Waals surface area contributed by atoms with Gasteiger partial charge in [0.1, 0.15) is 5.75 Å². The van der Waals surface area contributed by atoms with Gasteiger partial charge in [-0.3, -0.25) is 0 Å². The molecule has 0 heterocycles. The first-order valence-corrected chi connectivity index (χ1v) is 4.64. The number of aromatic hydroxyl groups is 1. The van der Waals surface area contributed by atoms with Crippen LogP contribution in [0.2, 0.25) is 0 Å². The smallest absolute Gasteiger partial charge is 0.416 e. The lowest BCUT2D eigenvalue weighted by atomic mass is 9.93. The summed E-state index contributed by atoms with van der Waals surface area (Å²) >= 11 is 0. The van der Waals surface area contributed by atoms with E-state index < -0.39 is 11.7 Å². The molecule has 1 N–H and O–H groups in total. The number of aryl methyl sites for hydroxylation is 1. The normalized spacial score (nSPS) is 12.2. The van der Waals surface area contributed by atoms with Crippen LogP contribution >= 0.6 is 0 Å². The Balaban J connectivity index is 3.48. The minimum Gasteiger partial charge on any atom is -0.508 e. The standard InChI is InChI=1S/C11H13F3O/c1-6(2)9-5-8(15)4-7(3)10(9)11(12,13)14/h4-6,15H,1-3H3. The van der Waals surface area contributed by atoms with E-state index >= 15 is 0 Å². The summed E-state index contributed by atoms with van der Waals surface area (Å²) in [6.45, 7) is 4.70. The van der Waals surface area contributed by atoms with Crippen LogP contribution in [0.4, 0.5) is 13.2 Å². The summed E-state index contributed by atoms with van der Waals surface area (Å²) in [5.74, 6) is -0.392. The molecule has 0 amide bonds. The molecule has 0 saturated carbocycles. The highest BCUT2D eigenvalue weighted by Gasteiger charge is 2.35. The molecule has 0 aliphatic rings. The molecule has 0 atom stereocenters. The Bertz CT molecular complexity index is 367. The van der Waals surface area contributed by atoms with E-state index in [9.17, 15) is 18.3 Å². The molecule has 1 rings (SSSR count). The minimum absolute atomic E-state index is 0.0613. The molecule has 0 aliphatic heterocycles. The van der Waals surface area contributed by atoms with Gasteiger partial charge in [-0.1, -0.05) is 13.8 Å². The van der Waals surface area contributed by atoms with Gasteiger partial charge in [-0.2, -0.15) is 13.2 Å². The second-order valence-electron chi connectivity index (χ2n) is 3.88.